The van der Waals surface area contributed by atoms with E-state index in [-0.39, 0.29) is 12.1 Å². The summed E-state index contributed by atoms with van der Waals surface area (Å²) >= 11 is 0. The average Bonchev–Trinajstić information content (AvgIpc) is 2.26. The van der Waals surface area contributed by atoms with Gasteiger partial charge >= 0.3 is 5.69 Å². The first-order chi connectivity index (χ1) is 8.08. The average molecular weight is 238 g/mol. The van der Waals surface area contributed by atoms with Crippen molar-refractivity contribution in [3.05, 3.63) is 68.5 Å². The predicted octanol–water partition coefficient (Wildman–Crippen LogP) is 0.863. The maximum absolute atomic E-state index is 13.3. The van der Waals surface area contributed by atoms with Crippen LogP contribution in [0.5, 0.6) is 0 Å². The van der Waals surface area contributed by atoms with Gasteiger partial charge < -0.3 is 4.98 Å². The van der Waals surface area contributed by atoms with Crippen LogP contribution in [0.2, 0.25) is 0 Å². The van der Waals surface area contributed by atoms with Gasteiger partial charge in [0, 0.05) is 23.9 Å². The number of H-pyrrole nitrogens is 1. The Morgan fingerprint density at radius 3 is 2.59 bits per heavy atom. The first-order valence-electron chi connectivity index (χ1n) is 4.80. The highest BCUT2D eigenvalue weighted by Gasteiger charge is 2.07. The normalized spacial score (nSPS) is 10.5. The van der Waals surface area contributed by atoms with Gasteiger partial charge in [0.1, 0.15) is 11.6 Å². The molecule has 1 aromatic heterocycles. The van der Waals surface area contributed by atoms with Crippen LogP contribution < -0.4 is 11.2 Å². The van der Waals surface area contributed by atoms with E-state index in [1.807, 2.05) is 0 Å². The van der Waals surface area contributed by atoms with Crippen molar-refractivity contribution < 1.29 is 8.78 Å². The fourth-order valence-corrected chi connectivity index (χ4v) is 1.42. The van der Waals surface area contributed by atoms with Crippen LogP contribution in [0.1, 0.15) is 5.56 Å². The van der Waals surface area contributed by atoms with Crippen molar-refractivity contribution in [2.24, 2.45) is 0 Å². The smallest absolute Gasteiger partial charge is 0.314 e. The van der Waals surface area contributed by atoms with E-state index in [0.717, 1.165) is 16.7 Å². The van der Waals surface area contributed by atoms with E-state index in [2.05, 4.69) is 4.98 Å². The lowest BCUT2D eigenvalue weighted by molar-refractivity contribution is 0.560. The molecule has 0 atom stereocenters. The maximum atomic E-state index is 13.3. The minimum Gasteiger partial charge on any atom is -0.314 e. The van der Waals surface area contributed by atoms with Crippen LogP contribution in [0.25, 0.3) is 0 Å². The summed E-state index contributed by atoms with van der Waals surface area (Å²) in [6.45, 7) is -0.235. The number of nitrogens with one attached hydrogen (secondary N) is 1. The van der Waals surface area contributed by atoms with Crippen LogP contribution in [0, 0.1) is 11.6 Å². The highest BCUT2D eigenvalue weighted by Crippen LogP contribution is 2.09. The largest absolute Gasteiger partial charge is 0.328 e. The first-order valence-corrected chi connectivity index (χ1v) is 4.80. The number of aromatic amines is 1. The molecule has 0 radical (unpaired) electrons. The fourth-order valence-electron chi connectivity index (χ4n) is 1.42. The van der Waals surface area contributed by atoms with Crippen LogP contribution >= 0.6 is 0 Å². The molecule has 88 valence electrons. The summed E-state index contributed by atoms with van der Waals surface area (Å²) in [5.41, 5.74) is -1.11. The molecule has 4 nitrogen and oxygen atoms in total. The van der Waals surface area contributed by atoms with Crippen molar-refractivity contribution in [2.75, 3.05) is 0 Å². The van der Waals surface area contributed by atoms with E-state index in [4.69, 9.17) is 0 Å². The molecular weight excluding hydrogens is 230 g/mol. The van der Waals surface area contributed by atoms with E-state index in [1.165, 1.54) is 12.3 Å². The SMILES string of the molecule is O=c1cc[nH]c(=O)n1Cc1ccc(F)cc1F. The molecule has 0 aliphatic carbocycles. The molecule has 0 bridgehead atoms. The Morgan fingerprint density at radius 1 is 1.18 bits per heavy atom. The van der Waals surface area contributed by atoms with Crippen LogP contribution in [-0.4, -0.2) is 9.55 Å². The second-order valence-corrected chi connectivity index (χ2v) is 3.44. The molecule has 17 heavy (non-hydrogen) atoms. The maximum Gasteiger partial charge on any atom is 0.328 e. The second kappa shape index (κ2) is 4.32. The molecule has 1 heterocycles. The minimum atomic E-state index is -0.792. The first kappa shape index (κ1) is 11.3. The molecule has 0 unspecified atom stereocenters. The summed E-state index contributed by atoms with van der Waals surface area (Å²) in [5, 5.41) is 0. The molecule has 2 rings (SSSR count). The summed E-state index contributed by atoms with van der Waals surface area (Å²) in [6.07, 6.45) is 1.21. The van der Waals surface area contributed by atoms with Gasteiger partial charge in [0.25, 0.3) is 5.56 Å². The third-order valence-electron chi connectivity index (χ3n) is 2.29. The number of benzene rings is 1. The molecule has 0 saturated heterocycles. The van der Waals surface area contributed by atoms with E-state index in [0.29, 0.717) is 6.07 Å². The third kappa shape index (κ3) is 2.30. The Bertz CT molecular complexity index is 633. The van der Waals surface area contributed by atoms with Crippen molar-refractivity contribution in [1.82, 2.24) is 9.55 Å². The Labute approximate surface area is 94.2 Å². The van der Waals surface area contributed by atoms with E-state index in [9.17, 15) is 18.4 Å². The number of halogens is 2. The zero-order valence-corrected chi connectivity index (χ0v) is 8.61. The Hall–Kier alpha value is -2.24. The summed E-state index contributed by atoms with van der Waals surface area (Å²) in [4.78, 5) is 25.0. The lowest BCUT2D eigenvalue weighted by Crippen LogP contribution is -2.34. The highest BCUT2D eigenvalue weighted by atomic mass is 19.1. The standard InChI is InChI=1S/C11H8F2N2O2/c12-8-2-1-7(9(13)5-8)6-15-10(16)3-4-14-11(15)17/h1-5H,6H2,(H,14,17). The van der Waals surface area contributed by atoms with Crippen LogP contribution in [0.4, 0.5) is 8.78 Å². The minimum absolute atomic E-state index is 0.0743. The Balaban J connectivity index is 2.45. The van der Waals surface area contributed by atoms with E-state index >= 15 is 0 Å². The number of aromatic nitrogens is 2. The monoisotopic (exact) mass is 238 g/mol. The van der Waals surface area contributed by atoms with Crippen molar-refractivity contribution >= 4 is 0 Å². The van der Waals surface area contributed by atoms with E-state index < -0.39 is 22.9 Å². The van der Waals surface area contributed by atoms with Crippen molar-refractivity contribution in [3.63, 3.8) is 0 Å². The van der Waals surface area contributed by atoms with Gasteiger partial charge in [-0.2, -0.15) is 0 Å². The number of rotatable bonds is 2. The summed E-state index contributed by atoms with van der Waals surface area (Å²) < 4.78 is 26.8. The van der Waals surface area contributed by atoms with E-state index in [1.54, 1.807) is 0 Å². The van der Waals surface area contributed by atoms with Gasteiger partial charge in [-0.1, -0.05) is 6.07 Å². The fraction of sp³-hybridized carbons (Fsp3) is 0.0909. The van der Waals surface area contributed by atoms with Crippen molar-refractivity contribution in [1.29, 1.82) is 0 Å². The molecule has 0 saturated carbocycles. The topological polar surface area (TPSA) is 54.9 Å². The summed E-state index contributed by atoms with van der Waals surface area (Å²) in [6, 6.07) is 4.13. The van der Waals surface area contributed by atoms with Gasteiger partial charge in [0.2, 0.25) is 0 Å². The highest BCUT2D eigenvalue weighted by molar-refractivity contribution is 5.18. The van der Waals surface area contributed by atoms with Gasteiger partial charge in [-0.3, -0.25) is 9.36 Å². The lowest BCUT2D eigenvalue weighted by Gasteiger charge is -2.05. The van der Waals surface area contributed by atoms with Gasteiger partial charge in [-0.15, -0.1) is 0 Å². The summed E-state index contributed by atoms with van der Waals surface area (Å²) in [5.74, 6) is -1.50. The molecular formula is C11H8F2N2O2. The molecule has 0 spiro atoms. The summed E-state index contributed by atoms with van der Waals surface area (Å²) in [7, 11) is 0. The van der Waals surface area contributed by atoms with Gasteiger partial charge in [0.15, 0.2) is 0 Å². The number of hydrogen-bond donors (Lipinski definition) is 1. The molecule has 0 amide bonds. The Morgan fingerprint density at radius 2 is 1.94 bits per heavy atom. The Kier molecular flexibility index (Phi) is 2.86. The molecule has 1 N–H and O–H groups in total. The lowest BCUT2D eigenvalue weighted by atomic mass is 10.2. The molecule has 0 aliphatic heterocycles. The van der Waals surface area contributed by atoms with Gasteiger partial charge in [-0.05, 0) is 6.07 Å². The van der Waals surface area contributed by atoms with Crippen LogP contribution in [0.15, 0.2) is 40.1 Å². The zero-order valence-electron chi connectivity index (χ0n) is 8.61. The van der Waals surface area contributed by atoms with Crippen molar-refractivity contribution in [3.8, 4) is 0 Å². The molecule has 0 fully saturated rings. The molecule has 0 aliphatic rings. The molecule has 6 heteroatoms. The van der Waals surface area contributed by atoms with Crippen LogP contribution in [-0.2, 0) is 6.54 Å². The number of nitrogens with zero attached hydrogens (tertiary/aromatic N) is 1. The third-order valence-corrected chi connectivity index (χ3v) is 2.29. The predicted molar refractivity (Wildman–Crippen MR) is 56.8 cm³/mol. The van der Waals surface area contributed by atoms with Crippen molar-refractivity contribution in [2.45, 2.75) is 6.54 Å². The van der Waals surface area contributed by atoms with Gasteiger partial charge in [0.05, 0.1) is 6.54 Å². The van der Waals surface area contributed by atoms with Crippen LogP contribution in [0.3, 0.4) is 0 Å². The number of hydrogen-bond acceptors (Lipinski definition) is 2. The molecule has 2 aromatic rings. The second-order valence-electron chi connectivity index (χ2n) is 3.44. The van der Waals surface area contributed by atoms with Gasteiger partial charge in [-0.25, -0.2) is 13.6 Å². The zero-order chi connectivity index (χ0) is 12.4. The molecule has 1 aromatic carbocycles. The quantitative estimate of drug-likeness (QED) is 0.843.